The fourth-order valence-corrected chi connectivity index (χ4v) is 2.92. The van der Waals surface area contributed by atoms with Crippen LogP contribution in [-0.4, -0.2) is 27.7 Å². The zero-order valence-electron chi connectivity index (χ0n) is 10.1. The van der Waals surface area contributed by atoms with Crippen molar-refractivity contribution in [2.75, 3.05) is 13.2 Å². The molecule has 0 atom stereocenters. The highest BCUT2D eigenvalue weighted by Gasteiger charge is 2.21. The van der Waals surface area contributed by atoms with E-state index in [1.54, 1.807) is 12.1 Å². The highest BCUT2D eigenvalue weighted by Crippen LogP contribution is 2.30. The number of hydrogen-bond acceptors (Lipinski definition) is 4. The molecule has 2 rings (SSSR count). The molecule has 18 heavy (non-hydrogen) atoms. The van der Waals surface area contributed by atoms with Gasteiger partial charge < -0.3 is 9.47 Å². The number of ether oxygens (including phenoxy) is 2. The lowest BCUT2D eigenvalue weighted by molar-refractivity contribution is 0.0244. The summed E-state index contributed by atoms with van der Waals surface area (Å²) in [7, 11) is 1.63. The van der Waals surface area contributed by atoms with Gasteiger partial charge in [-0.2, -0.15) is 0 Å². The Balaban J connectivity index is 2.26. The van der Waals surface area contributed by atoms with Crippen molar-refractivity contribution in [2.24, 2.45) is 0 Å². The van der Waals surface area contributed by atoms with Gasteiger partial charge in [0.15, 0.2) is 0 Å². The molecule has 1 aliphatic rings. The Bertz CT molecular complexity index is 521. The summed E-state index contributed by atoms with van der Waals surface area (Å²) in [6.07, 6.45) is 1.50. The van der Waals surface area contributed by atoms with Crippen molar-refractivity contribution >= 4 is 19.7 Å². The molecule has 1 saturated heterocycles. The third-order valence-electron chi connectivity index (χ3n) is 2.82. The summed E-state index contributed by atoms with van der Waals surface area (Å²) in [5.74, 6) is 0.322. The quantitative estimate of drug-likeness (QED) is 0.803. The molecule has 0 aromatic heterocycles. The molecular formula is C12H15ClO4S. The zero-order chi connectivity index (χ0) is 13.2. The molecule has 0 N–H and O–H groups in total. The van der Waals surface area contributed by atoms with Crippen molar-refractivity contribution in [1.29, 1.82) is 0 Å². The van der Waals surface area contributed by atoms with Crippen LogP contribution in [0, 0.1) is 6.92 Å². The molecule has 1 aliphatic heterocycles. The Morgan fingerprint density at radius 2 is 2.00 bits per heavy atom. The number of halogens is 1. The number of rotatable bonds is 3. The lowest BCUT2D eigenvalue weighted by atomic mass is 10.1. The van der Waals surface area contributed by atoms with Crippen LogP contribution in [0.4, 0.5) is 0 Å². The molecule has 0 radical (unpaired) electrons. The SMILES string of the molecule is Cc1ccc(OC2CCOCC2)c(S(=O)(=O)Cl)c1. The lowest BCUT2D eigenvalue weighted by Crippen LogP contribution is -2.26. The maximum absolute atomic E-state index is 11.5. The Hall–Kier alpha value is -0.780. The minimum atomic E-state index is -3.79. The van der Waals surface area contributed by atoms with Crippen LogP contribution in [0.2, 0.25) is 0 Å². The summed E-state index contributed by atoms with van der Waals surface area (Å²) in [5, 5.41) is 0. The molecule has 0 bridgehead atoms. The van der Waals surface area contributed by atoms with E-state index in [4.69, 9.17) is 20.2 Å². The second kappa shape index (κ2) is 5.47. The Kier molecular flexibility index (Phi) is 4.14. The van der Waals surface area contributed by atoms with Crippen molar-refractivity contribution in [2.45, 2.75) is 30.8 Å². The van der Waals surface area contributed by atoms with Gasteiger partial charge in [-0.05, 0) is 24.6 Å². The van der Waals surface area contributed by atoms with Gasteiger partial charge >= 0.3 is 0 Å². The van der Waals surface area contributed by atoms with Gasteiger partial charge in [-0.1, -0.05) is 6.07 Å². The molecule has 0 spiro atoms. The largest absolute Gasteiger partial charge is 0.489 e. The summed E-state index contributed by atoms with van der Waals surface area (Å²) in [6, 6.07) is 4.98. The Labute approximate surface area is 111 Å². The molecule has 0 unspecified atom stereocenters. The smallest absolute Gasteiger partial charge is 0.264 e. The van der Waals surface area contributed by atoms with Crippen LogP contribution >= 0.6 is 10.7 Å². The molecule has 1 aromatic carbocycles. The van der Waals surface area contributed by atoms with Crippen LogP contribution in [0.15, 0.2) is 23.1 Å². The third kappa shape index (κ3) is 3.37. The molecule has 100 valence electrons. The van der Waals surface area contributed by atoms with Crippen LogP contribution in [-0.2, 0) is 13.8 Å². The topological polar surface area (TPSA) is 52.6 Å². The predicted octanol–water partition coefficient (Wildman–Crippen LogP) is 2.48. The van der Waals surface area contributed by atoms with E-state index in [9.17, 15) is 8.42 Å². The average molecular weight is 291 g/mol. The summed E-state index contributed by atoms with van der Waals surface area (Å²) in [5.41, 5.74) is 0.827. The summed E-state index contributed by atoms with van der Waals surface area (Å²) >= 11 is 0. The van der Waals surface area contributed by atoms with Gasteiger partial charge in [-0.25, -0.2) is 8.42 Å². The maximum Gasteiger partial charge on any atom is 0.264 e. The van der Waals surface area contributed by atoms with Crippen molar-refractivity contribution in [3.05, 3.63) is 23.8 Å². The van der Waals surface area contributed by atoms with Crippen LogP contribution in [0.1, 0.15) is 18.4 Å². The first-order valence-corrected chi connectivity index (χ1v) is 8.07. The van der Waals surface area contributed by atoms with Crippen molar-refractivity contribution in [3.8, 4) is 5.75 Å². The average Bonchev–Trinajstić information content (AvgIpc) is 2.31. The van der Waals surface area contributed by atoms with Gasteiger partial charge in [0, 0.05) is 23.5 Å². The standard InChI is InChI=1S/C12H15ClO4S/c1-9-2-3-11(12(8-9)18(13,14)15)17-10-4-6-16-7-5-10/h2-3,8,10H,4-7H2,1H3. The van der Waals surface area contributed by atoms with E-state index in [2.05, 4.69) is 0 Å². The van der Waals surface area contributed by atoms with Gasteiger partial charge in [0.05, 0.1) is 13.2 Å². The zero-order valence-corrected chi connectivity index (χ0v) is 11.6. The molecule has 1 aromatic rings. The lowest BCUT2D eigenvalue weighted by Gasteiger charge is -2.24. The second-order valence-electron chi connectivity index (χ2n) is 4.32. The van der Waals surface area contributed by atoms with E-state index in [1.165, 1.54) is 6.07 Å². The normalized spacial score (nSPS) is 17.7. The van der Waals surface area contributed by atoms with Gasteiger partial charge in [0.2, 0.25) is 0 Å². The Morgan fingerprint density at radius 1 is 1.33 bits per heavy atom. The van der Waals surface area contributed by atoms with E-state index in [1.807, 2.05) is 6.92 Å². The first-order chi connectivity index (χ1) is 8.47. The summed E-state index contributed by atoms with van der Waals surface area (Å²) < 4.78 is 34.0. The first-order valence-electron chi connectivity index (χ1n) is 5.76. The summed E-state index contributed by atoms with van der Waals surface area (Å²) in [4.78, 5) is 0.0376. The molecule has 4 nitrogen and oxygen atoms in total. The monoisotopic (exact) mass is 290 g/mol. The van der Waals surface area contributed by atoms with Crippen molar-refractivity contribution < 1.29 is 17.9 Å². The van der Waals surface area contributed by atoms with E-state index in [0.717, 1.165) is 18.4 Å². The first kappa shape index (κ1) is 13.6. The van der Waals surface area contributed by atoms with Crippen LogP contribution < -0.4 is 4.74 Å². The minimum Gasteiger partial charge on any atom is -0.489 e. The summed E-state index contributed by atoms with van der Waals surface area (Å²) in [6.45, 7) is 3.09. The third-order valence-corrected chi connectivity index (χ3v) is 4.17. The van der Waals surface area contributed by atoms with Gasteiger partial charge in [0.25, 0.3) is 9.05 Å². The van der Waals surface area contributed by atoms with E-state index in [-0.39, 0.29) is 11.0 Å². The van der Waals surface area contributed by atoms with Crippen LogP contribution in [0.25, 0.3) is 0 Å². The van der Waals surface area contributed by atoms with Gasteiger partial charge in [-0.15, -0.1) is 0 Å². The van der Waals surface area contributed by atoms with Crippen molar-refractivity contribution in [1.82, 2.24) is 0 Å². The van der Waals surface area contributed by atoms with Crippen molar-refractivity contribution in [3.63, 3.8) is 0 Å². The molecule has 0 aliphatic carbocycles. The fraction of sp³-hybridized carbons (Fsp3) is 0.500. The maximum atomic E-state index is 11.5. The molecule has 0 saturated carbocycles. The van der Waals surface area contributed by atoms with E-state index in [0.29, 0.717) is 19.0 Å². The van der Waals surface area contributed by atoms with E-state index < -0.39 is 9.05 Å². The molecular weight excluding hydrogens is 276 g/mol. The van der Waals surface area contributed by atoms with Gasteiger partial charge in [-0.3, -0.25) is 0 Å². The van der Waals surface area contributed by atoms with Gasteiger partial charge in [0.1, 0.15) is 16.7 Å². The fourth-order valence-electron chi connectivity index (χ4n) is 1.88. The second-order valence-corrected chi connectivity index (χ2v) is 6.85. The number of benzene rings is 1. The Morgan fingerprint density at radius 3 is 2.61 bits per heavy atom. The minimum absolute atomic E-state index is 0.0152. The molecule has 0 amide bonds. The highest BCUT2D eigenvalue weighted by molar-refractivity contribution is 8.13. The highest BCUT2D eigenvalue weighted by atomic mass is 35.7. The number of aryl methyl sites for hydroxylation is 1. The van der Waals surface area contributed by atoms with Crippen LogP contribution in [0.5, 0.6) is 5.75 Å². The molecule has 6 heteroatoms. The van der Waals surface area contributed by atoms with E-state index >= 15 is 0 Å². The predicted molar refractivity (Wildman–Crippen MR) is 68.7 cm³/mol. The van der Waals surface area contributed by atoms with Crippen LogP contribution in [0.3, 0.4) is 0 Å². The molecule has 1 fully saturated rings. The molecule has 1 heterocycles. The number of hydrogen-bond donors (Lipinski definition) is 0.